The number of likely N-dealkylation sites (N-methyl/N-ethyl adjacent to an activating group) is 1. The third-order valence-electron chi connectivity index (χ3n) is 4.11. The van der Waals surface area contributed by atoms with Gasteiger partial charge in [-0.25, -0.2) is 0 Å². The molecule has 0 spiro atoms. The van der Waals surface area contributed by atoms with Gasteiger partial charge in [-0.3, -0.25) is 9.69 Å². The molecule has 1 aliphatic carbocycles. The number of ketones is 1. The number of thiophene rings is 1. The van der Waals surface area contributed by atoms with Crippen LogP contribution in [0.5, 0.6) is 0 Å². The van der Waals surface area contributed by atoms with Crippen LogP contribution in [-0.4, -0.2) is 30.3 Å². The number of hydrogen-bond donors (Lipinski definition) is 0. The summed E-state index contributed by atoms with van der Waals surface area (Å²) >= 11 is 5.08. The Hall–Kier alpha value is -0.190. The number of carbonyl (C=O) groups excluding carboxylic acids is 1. The minimum absolute atomic E-state index is 0.284. The summed E-state index contributed by atoms with van der Waals surface area (Å²) in [5.41, 5.74) is 0.546. The zero-order valence-corrected chi connectivity index (χ0v) is 13.6. The largest absolute Gasteiger partial charge is 0.297 e. The number of hydrogen-bond acceptors (Lipinski definition) is 3. The Morgan fingerprint density at radius 3 is 2.72 bits per heavy atom. The minimum Gasteiger partial charge on any atom is -0.297 e. The van der Waals surface area contributed by atoms with Gasteiger partial charge in [0.25, 0.3) is 0 Å². The second kappa shape index (κ2) is 5.43. The summed E-state index contributed by atoms with van der Waals surface area (Å²) in [6.45, 7) is 2.26. The predicted octanol–water partition coefficient (Wildman–Crippen LogP) is 4.20. The van der Waals surface area contributed by atoms with E-state index in [9.17, 15) is 4.79 Å². The van der Waals surface area contributed by atoms with Gasteiger partial charge in [-0.15, -0.1) is 0 Å². The molecular formula is C14H20BrNOS. The van der Waals surface area contributed by atoms with Gasteiger partial charge in [-0.1, -0.05) is 19.8 Å². The van der Waals surface area contributed by atoms with Crippen molar-refractivity contribution >= 4 is 33.0 Å². The van der Waals surface area contributed by atoms with E-state index in [4.69, 9.17) is 0 Å². The fourth-order valence-electron chi connectivity index (χ4n) is 3.03. The van der Waals surface area contributed by atoms with Crippen molar-refractivity contribution in [1.29, 1.82) is 0 Å². The van der Waals surface area contributed by atoms with E-state index in [1.807, 2.05) is 24.9 Å². The van der Waals surface area contributed by atoms with Crippen LogP contribution in [0.3, 0.4) is 0 Å². The van der Waals surface area contributed by atoms with Crippen LogP contribution in [0.25, 0.3) is 0 Å². The average molecular weight is 330 g/mol. The molecule has 1 saturated carbocycles. The molecule has 2 rings (SSSR count). The lowest BCUT2D eigenvalue weighted by Gasteiger charge is -2.43. The smallest absolute Gasteiger partial charge is 0.185 e. The molecule has 0 amide bonds. The third kappa shape index (κ3) is 2.43. The lowest BCUT2D eigenvalue weighted by atomic mass is 9.72. The number of nitrogens with zero attached hydrogens (tertiary/aromatic N) is 1. The first-order valence-electron chi connectivity index (χ1n) is 6.41. The highest BCUT2D eigenvalue weighted by molar-refractivity contribution is 9.10. The molecule has 100 valence electrons. The highest BCUT2D eigenvalue weighted by atomic mass is 79.9. The molecule has 18 heavy (non-hydrogen) atoms. The lowest BCUT2D eigenvalue weighted by Crippen LogP contribution is -2.53. The van der Waals surface area contributed by atoms with Gasteiger partial charge in [0.1, 0.15) is 0 Å². The fourth-order valence-corrected chi connectivity index (χ4v) is 4.49. The fraction of sp³-hybridized carbons (Fsp3) is 0.643. The van der Waals surface area contributed by atoms with Gasteiger partial charge in [0, 0.05) is 20.8 Å². The summed E-state index contributed by atoms with van der Waals surface area (Å²) in [6.07, 6.45) is 4.34. The van der Waals surface area contributed by atoms with E-state index < -0.39 is 0 Å². The summed E-state index contributed by atoms with van der Waals surface area (Å²) < 4.78 is 0.942. The van der Waals surface area contributed by atoms with Crippen LogP contribution in [0, 0.1) is 5.92 Å². The Bertz CT molecular complexity index is 443. The number of carbonyl (C=O) groups is 1. The first-order valence-corrected chi connectivity index (χ1v) is 8.15. The number of rotatable bonds is 3. The molecule has 1 fully saturated rings. The van der Waals surface area contributed by atoms with E-state index in [1.54, 1.807) is 11.3 Å². The Kier molecular flexibility index (Phi) is 4.29. The molecule has 0 aliphatic heterocycles. The van der Waals surface area contributed by atoms with E-state index in [1.165, 1.54) is 6.42 Å². The Balaban J connectivity index is 2.36. The zero-order chi connectivity index (χ0) is 13.3. The molecule has 0 N–H and O–H groups in total. The molecule has 0 saturated heterocycles. The summed E-state index contributed by atoms with van der Waals surface area (Å²) in [5, 5.41) is 3.96. The first kappa shape index (κ1) is 14.2. The summed E-state index contributed by atoms with van der Waals surface area (Å²) in [5.74, 6) is 0.912. The lowest BCUT2D eigenvalue weighted by molar-refractivity contribution is 0.0486. The highest BCUT2D eigenvalue weighted by Crippen LogP contribution is 2.39. The molecule has 1 aliphatic rings. The van der Waals surface area contributed by atoms with Crippen LogP contribution in [0.15, 0.2) is 15.2 Å². The topological polar surface area (TPSA) is 20.3 Å². The number of halogens is 1. The number of Topliss-reactive ketones (excluding diaryl/α,β-unsaturated/α-hetero) is 1. The molecule has 0 aromatic carbocycles. The van der Waals surface area contributed by atoms with Crippen LogP contribution in [0.1, 0.15) is 43.0 Å². The van der Waals surface area contributed by atoms with Crippen LogP contribution < -0.4 is 0 Å². The zero-order valence-electron chi connectivity index (χ0n) is 11.2. The SMILES string of the molecule is CC1CCCC(C(=O)c2cscc2Br)(N(C)C)C1. The van der Waals surface area contributed by atoms with Crippen molar-refractivity contribution < 1.29 is 4.79 Å². The van der Waals surface area contributed by atoms with Gasteiger partial charge in [-0.05, 0) is 48.8 Å². The average Bonchev–Trinajstić information content (AvgIpc) is 2.74. The van der Waals surface area contributed by atoms with Gasteiger partial charge in [0.2, 0.25) is 0 Å². The Labute approximate surface area is 122 Å². The molecule has 2 atom stereocenters. The van der Waals surface area contributed by atoms with Gasteiger partial charge in [0.05, 0.1) is 5.54 Å². The van der Waals surface area contributed by atoms with Crippen molar-refractivity contribution in [3.05, 3.63) is 20.8 Å². The molecular weight excluding hydrogens is 310 g/mol. The predicted molar refractivity (Wildman–Crippen MR) is 80.4 cm³/mol. The third-order valence-corrected chi connectivity index (χ3v) is 5.81. The maximum atomic E-state index is 12.9. The second-order valence-corrected chi connectivity index (χ2v) is 7.19. The Morgan fingerprint density at radius 1 is 1.50 bits per heavy atom. The van der Waals surface area contributed by atoms with Crippen molar-refractivity contribution in [3.8, 4) is 0 Å². The first-order chi connectivity index (χ1) is 8.47. The van der Waals surface area contributed by atoms with Gasteiger partial charge >= 0.3 is 0 Å². The molecule has 4 heteroatoms. The van der Waals surface area contributed by atoms with Crippen molar-refractivity contribution in [2.24, 2.45) is 5.92 Å². The van der Waals surface area contributed by atoms with Crippen molar-refractivity contribution in [2.75, 3.05) is 14.1 Å². The molecule has 1 aromatic heterocycles. The highest BCUT2D eigenvalue weighted by Gasteiger charge is 2.44. The molecule has 0 radical (unpaired) electrons. The monoisotopic (exact) mass is 329 g/mol. The van der Waals surface area contributed by atoms with E-state index >= 15 is 0 Å². The Morgan fingerprint density at radius 2 is 2.22 bits per heavy atom. The maximum Gasteiger partial charge on any atom is 0.185 e. The van der Waals surface area contributed by atoms with Crippen LogP contribution >= 0.6 is 27.3 Å². The minimum atomic E-state index is -0.304. The van der Waals surface area contributed by atoms with Crippen molar-refractivity contribution in [3.63, 3.8) is 0 Å². The molecule has 0 bridgehead atoms. The van der Waals surface area contributed by atoms with Crippen LogP contribution in [0.4, 0.5) is 0 Å². The van der Waals surface area contributed by atoms with Gasteiger partial charge in [-0.2, -0.15) is 11.3 Å². The summed E-state index contributed by atoms with van der Waals surface area (Å²) in [4.78, 5) is 15.1. The van der Waals surface area contributed by atoms with E-state index in [0.29, 0.717) is 5.92 Å². The molecule has 1 heterocycles. The maximum absolute atomic E-state index is 12.9. The summed E-state index contributed by atoms with van der Waals surface area (Å²) in [6, 6.07) is 0. The van der Waals surface area contributed by atoms with Crippen molar-refractivity contribution in [2.45, 2.75) is 38.1 Å². The molecule has 1 aromatic rings. The van der Waals surface area contributed by atoms with Crippen molar-refractivity contribution in [1.82, 2.24) is 4.90 Å². The van der Waals surface area contributed by atoms with Crippen LogP contribution in [-0.2, 0) is 0 Å². The van der Waals surface area contributed by atoms with Gasteiger partial charge < -0.3 is 0 Å². The standard InChI is InChI=1S/C14H20BrNOS/c1-10-5-4-6-14(7-10,16(2)3)13(17)11-8-18-9-12(11)15/h8-10H,4-7H2,1-3H3. The van der Waals surface area contributed by atoms with E-state index in [0.717, 1.165) is 29.3 Å². The van der Waals surface area contributed by atoms with Crippen LogP contribution in [0.2, 0.25) is 0 Å². The normalized spacial score (nSPS) is 28.6. The van der Waals surface area contributed by atoms with E-state index in [2.05, 4.69) is 27.8 Å². The molecule has 2 unspecified atom stereocenters. The second-order valence-electron chi connectivity index (χ2n) is 5.59. The molecule has 2 nitrogen and oxygen atoms in total. The van der Waals surface area contributed by atoms with E-state index in [-0.39, 0.29) is 11.3 Å². The summed E-state index contributed by atoms with van der Waals surface area (Å²) in [7, 11) is 4.08. The van der Waals surface area contributed by atoms with Gasteiger partial charge in [0.15, 0.2) is 5.78 Å². The quantitative estimate of drug-likeness (QED) is 0.774.